The van der Waals surface area contributed by atoms with Gasteiger partial charge in [0.2, 0.25) is 7.83 Å². The summed E-state index contributed by atoms with van der Waals surface area (Å²) < 4.78 is 36.8. The molecule has 0 aromatic carbocycles. The van der Waals surface area contributed by atoms with E-state index in [2.05, 4.69) is 58.9 Å². The maximum atomic E-state index is 6.97. The molecule has 0 bridgehead atoms. The molecule has 6 nitrogen and oxygen atoms in total. The largest absolute Gasteiger partial charge is 0.437 e. The van der Waals surface area contributed by atoms with E-state index in [-0.39, 0.29) is 0 Å². The summed E-state index contributed by atoms with van der Waals surface area (Å²) in [4.78, 5) is 0. The fourth-order valence-electron chi connectivity index (χ4n) is 3.19. The molecule has 158 valence electrons. The number of rotatable bonds is 13. The lowest BCUT2D eigenvalue weighted by molar-refractivity contribution is 0.174. The predicted molar refractivity (Wildman–Crippen MR) is 120 cm³/mol. The van der Waals surface area contributed by atoms with Gasteiger partial charge in [-0.15, -0.1) is 0 Å². The van der Waals surface area contributed by atoms with Crippen molar-refractivity contribution in [3.05, 3.63) is 0 Å². The van der Waals surface area contributed by atoms with Gasteiger partial charge in [0.15, 0.2) is 8.32 Å². The average molecular weight is 459 g/mol. The molecule has 11 heteroatoms. The highest BCUT2D eigenvalue weighted by Gasteiger charge is 2.55. The highest BCUT2D eigenvalue weighted by atomic mass is 29.3. The monoisotopic (exact) mass is 458 g/mol. The minimum atomic E-state index is -2.63. The lowest BCUT2D eigenvalue weighted by Crippen LogP contribution is -2.72. The van der Waals surface area contributed by atoms with E-state index in [4.69, 9.17) is 26.6 Å². The van der Waals surface area contributed by atoms with Crippen LogP contribution in [0.2, 0.25) is 58.9 Å². The summed E-state index contributed by atoms with van der Waals surface area (Å²) in [5.41, 5.74) is 0. The van der Waals surface area contributed by atoms with Crippen LogP contribution in [-0.4, -0.2) is 80.9 Å². The number of hydrogen-bond acceptors (Lipinski definition) is 6. The lowest BCUT2D eigenvalue weighted by Gasteiger charge is -2.47. The van der Waals surface area contributed by atoms with Gasteiger partial charge in [0.1, 0.15) is 0 Å². The molecule has 0 fully saturated rings. The molecule has 0 radical (unpaired) electrons. The second kappa shape index (κ2) is 10.0. The molecule has 0 aromatic rings. The van der Waals surface area contributed by atoms with Gasteiger partial charge < -0.3 is 26.6 Å². The Morgan fingerprint density at radius 1 is 0.538 bits per heavy atom. The molecule has 26 heavy (non-hydrogen) atoms. The van der Waals surface area contributed by atoms with Gasteiger partial charge in [0, 0.05) is 21.3 Å². The standard InChI is InChI=1S/C15H42O6Si5/c1-16-13-25(12,20-24(10,11)19-22(4,5)6)21-26(14-17-2,15-18-3)23(7,8)9/h13-15H2,1-12H3. The number of methoxy groups -OCH3 is 3. The van der Waals surface area contributed by atoms with Crippen LogP contribution < -0.4 is 0 Å². The summed E-state index contributed by atoms with van der Waals surface area (Å²) in [5.74, 6) is 0. The van der Waals surface area contributed by atoms with Crippen molar-refractivity contribution in [2.75, 3.05) is 40.0 Å². The number of hydrogen-bond donors (Lipinski definition) is 0. The van der Waals surface area contributed by atoms with Gasteiger partial charge >= 0.3 is 17.1 Å². The smallest absolute Gasteiger partial charge is 0.342 e. The second-order valence-corrected chi connectivity index (χ2v) is 35.8. The molecule has 0 aliphatic carbocycles. The van der Waals surface area contributed by atoms with Crippen LogP contribution in [0.4, 0.5) is 0 Å². The first-order chi connectivity index (χ1) is 11.6. The van der Waals surface area contributed by atoms with Crippen LogP contribution in [0.3, 0.4) is 0 Å². The van der Waals surface area contributed by atoms with Crippen LogP contribution in [0.25, 0.3) is 0 Å². The van der Waals surface area contributed by atoms with Crippen LogP contribution >= 0.6 is 0 Å². The molecular formula is C15H42O6Si5. The molecule has 0 saturated heterocycles. The topological polar surface area (TPSA) is 55.4 Å². The van der Waals surface area contributed by atoms with Gasteiger partial charge in [-0.1, -0.05) is 19.6 Å². The van der Waals surface area contributed by atoms with Gasteiger partial charge in [0.25, 0.3) is 0 Å². The Morgan fingerprint density at radius 2 is 0.962 bits per heavy atom. The quantitative estimate of drug-likeness (QED) is 0.393. The summed E-state index contributed by atoms with van der Waals surface area (Å²) in [6.07, 6.45) is 1.71. The van der Waals surface area contributed by atoms with E-state index >= 15 is 0 Å². The molecule has 0 amide bonds. The molecule has 1 unspecified atom stereocenters. The van der Waals surface area contributed by atoms with Crippen molar-refractivity contribution >= 4 is 40.9 Å². The molecule has 0 rings (SSSR count). The fourth-order valence-corrected chi connectivity index (χ4v) is 30.4. The minimum Gasteiger partial charge on any atom is -0.437 e. The molecule has 0 aliphatic rings. The minimum absolute atomic E-state index is 0.477. The van der Waals surface area contributed by atoms with Crippen molar-refractivity contribution in [2.45, 2.75) is 58.9 Å². The third-order valence-corrected chi connectivity index (χ3v) is 30.4. The summed E-state index contributed by atoms with van der Waals surface area (Å²) in [7, 11) is -5.49. The summed E-state index contributed by atoms with van der Waals surface area (Å²) in [6.45, 7) is 19.9. The van der Waals surface area contributed by atoms with E-state index in [1.165, 1.54) is 0 Å². The van der Waals surface area contributed by atoms with Crippen molar-refractivity contribution in [1.82, 2.24) is 0 Å². The van der Waals surface area contributed by atoms with Crippen molar-refractivity contribution < 1.29 is 26.6 Å². The molecule has 0 spiro atoms. The van der Waals surface area contributed by atoms with Gasteiger partial charge in [-0.05, 0) is 39.3 Å². The lowest BCUT2D eigenvalue weighted by atomic mass is 11.5. The van der Waals surface area contributed by atoms with E-state index < -0.39 is 40.9 Å². The third-order valence-electron chi connectivity index (χ3n) is 3.95. The fraction of sp³-hybridized carbons (Fsp3) is 1.00. The third kappa shape index (κ3) is 8.90. The van der Waals surface area contributed by atoms with Crippen LogP contribution in [0.15, 0.2) is 0 Å². The Morgan fingerprint density at radius 3 is 1.27 bits per heavy atom. The predicted octanol–water partition coefficient (Wildman–Crippen LogP) is 3.56. The zero-order valence-electron chi connectivity index (χ0n) is 19.1. The molecule has 0 N–H and O–H groups in total. The SMILES string of the molecule is COC[Si](C)(O[Si](C)(C)O[Si](C)(C)C)O[Si](COC)(COC)[Si](C)(C)C. The van der Waals surface area contributed by atoms with Crippen LogP contribution in [0.1, 0.15) is 0 Å². The molecular weight excluding hydrogens is 417 g/mol. The second-order valence-electron chi connectivity index (χ2n) is 9.50. The van der Waals surface area contributed by atoms with Crippen molar-refractivity contribution in [2.24, 2.45) is 0 Å². The van der Waals surface area contributed by atoms with Crippen LogP contribution in [0, 0.1) is 0 Å². The van der Waals surface area contributed by atoms with Gasteiger partial charge in [-0.25, -0.2) is 0 Å². The highest BCUT2D eigenvalue weighted by molar-refractivity contribution is 7.39. The van der Waals surface area contributed by atoms with Crippen molar-refractivity contribution in [3.63, 3.8) is 0 Å². The highest BCUT2D eigenvalue weighted by Crippen LogP contribution is 2.29. The average Bonchev–Trinajstić information content (AvgIpc) is 2.33. The zero-order valence-corrected chi connectivity index (χ0v) is 24.1. The Balaban J connectivity index is 5.79. The van der Waals surface area contributed by atoms with Crippen LogP contribution in [-0.2, 0) is 26.6 Å². The van der Waals surface area contributed by atoms with Crippen LogP contribution in [0.5, 0.6) is 0 Å². The van der Waals surface area contributed by atoms with Crippen molar-refractivity contribution in [3.8, 4) is 0 Å². The van der Waals surface area contributed by atoms with Gasteiger partial charge in [-0.2, -0.15) is 0 Å². The van der Waals surface area contributed by atoms with E-state index in [1.807, 2.05) is 0 Å². The molecule has 0 saturated carbocycles. The zero-order chi connectivity index (χ0) is 20.9. The molecule has 0 aliphatic heterocycles. The first-order valence-corrected chi connectivity index (χ1v) is 24.7. The van der Waals surface area contributed by atoms with Gasteiger partial charge in [-0.3, -0.25) is 0 Å². The Bertz CT molecular complexity index is 418. The maximum Gasteiger partial charge on any atom is 0.342 e. The Hall–Kier alpha value is 0.844. The molecule has 0 aromatic heterocycles. The maximum absolute atomic E-state index is 6.97. The van der Waals surface area contributed by atoms with E-state index in [1.54, 1.807) is 21.3 Å². The summed E-state index contributed by atoms with van der Waals surface area (Å²) in [6, 6.07) is 0. The Kier molecular flexibility index (Phi) is 10.4. The van der Waals surface area contributed by atoms with Gasteiger partial charge in [0.05, 0.1) is 26.3 Å². The number of ether oxygens (including phenoxy) is 3. The van der Waals surface area contributed by atoms with E-state index in [0.717, 1.165) is 0 Å². The summed E-state index contributed by atoms with van der Waals surface area (Å²) in [5, 5.41) is 0. The summed E-state index contributed by atoms with van der Waals surface area (Å²) >= 11 is 0. The van der Waals surface area contributed by atoms with E-state index in [0.29, 0.717) is 18.7 Å². The van der Waals surface area contributed by atoms with E-state index in [9.17, 15) is 0 Å². The first-order valence-electron chi connectivity index (χ1n) is 9.13. The molecule has 0 heterocycles. The Labute approximate surface area is 166 Å². The van der Waals surface area contributed by atoms with Crippen molar-refractivity contribution in [1.29, 1.82) is 0 Å². The molecule has 1 atom stereocenters. The first kappa shape index (κ1) is 26.8. The normalized spacial score (nSPS) is 16.6.